The third-order valence-electron chi connectivity index (χ3n) is 3.56. The van der Waals surface area contributed by atoms with Gasteiger partial charge in [0.05, 0.1) is 18.7 Å². The molecule has 0 radical (unpaired) electrons. The van der Waals surface area contributed by atoms with Crippen LogP contribution in [-0.4, -0.2) is 41.9 Å². The molecule has 1 aliphatic rings. The van der Waals surface area contributed by atoms with Crippen LogP contribution in [0.4, 0.5) is 18.0 Å². The highest BCUT2D eigenvalue weighted by Gasteiger charge is 2.32. The van der Waals surface area contributed by atoms with Gasteiger partial charge >= 0.3 is 12.3 Å². The quantitative estimate of drug-likeness (QED) is 0.897. The summed E-state index contributed by atoms with van der Waals surface area (Å²) in [4.78, 5) is 12.1. The van der Waals surface area contributed by atoms with Crippen molar-refractivity contribution < 1.29 is 32.5 Å². The molecule has 5 nitrogen and oxygen atoms in total. The van der Waals surface area contributed by atoms with Crippen LogP contribution < -0.4 is 4.74 Å². The van der Waals surface area contributed by atoms with E-state index in [9.17, 15) is 18.0 Å². The van der Waals surface area contributed by atoms with Crippen molar-refractivity contribution in [3.05, 3.63) is 29.3 Å². The molecule has 0 saturated carbocycles. The first kappa shape index (κ1) is 17.4. The van der Waals surface area contributed by atoms with Crippen molar-refractivity contribution >= 4 is 6.09 Å². The molecule has 2 rings (SSSR count). The van der Waals surface area contributed by atoms with Gasteiger partial charge in [0.1, 0.15) is 11.9 Å². The Morgan fingerprint density at radius 2 is 2.17 bits per heavy atom. The molecule has 1 unspecified atom stereocenters. The topological polar surface area (TPSA) is 59.0 Å². The van der Waals surface area contributed by atoms with Crippen molar-refractivity contribution in [2.24, 2.45) is 0 Å². The zero-order chi connectivity index (χ0) is 17.0. The van der Waals surface area contributed by atoms with Gasteiger partial charge in [0, 0.05) is 25.1 Å². The Bertz CT molecular complexity index is 562. The molecule has 1 N–H and O–H groups in total. The number of alkyl halides is 3. The molecule has 1 saturated heterocycles. The smallest absolute Gasteiger partial charge is 0.416 e. The molecule has 1 amide bonds. The molecule has 128 valence electrons. The predicted octanol–water partition coefficient (Wildman–Crippen LogP) is 3.37. The van der Waals surface area contributed by atoms with E-state index in [1.807, 2.05) is 0 Å². The zero-order valence-corrected chi connectivity index (χ0v) is 12.6. The minimum absolute atomic E-state index is 0.00508. The molecule has 1 atom stereocenters. The Hall–Kier alpha value is -1.96. The SMILES string of the molecule is CCOCc1cc(C(F)(F)F)ccc1OC1CCN(C(=O)O)C1. The Balaban J connectivity index is 2.15. The number of hydrogen-bond acceptors (Lipinski definition) is 3. The molecule has 1 aromatic carbocycles. The van der Waals surface area contributed by atoms with E-state index in [1.165, 1.54) is 11.0 Å². The number of carboxylic acid groups (broad SMARTS) is 1. The molecule has 0 aromatic heterocycles. The van der Waals surface area contributed by atoms with Crippen LogP contribution in [0.5, 0.6) is 5.75 Å². The van der Waals surface area contributed by atoms with Crippen LogP contribution in [0, 0.1) is 0 Å². The first-order valence-corrected chi connectivity index (χ1v) is 7.23. The number of amides is 1. The first-order valence-electron chi connectivity index (χ1n) is 7.23. The number of rotatable bonds is 5. The van der Waals surface area contributed by atoms with E-state index >= 15 is 0 Å². The van der Waals surface area contributed by atoms with E-state index in [0.29, 0.717) is 30.9 Å². The van der Waals surface area contributed by atoms with Crippen LogP contribution in [-0.2, 0) is 17.5 Å². The summed E-state index contributed by atoms with van der Waals surface area (Å²) in [5, 5.41) is 8.92. The van der Waals surface area contributed by atoms with Crippen LogP contribution in [0.2, 0.25) is 0 Å². The summed E-state index contributed by atoms with van der Waals surface area (Å²) in [6.07, 6.45) is -5.34. The van der Waals surface area contributed by atoms with E-state index in [4.69, 9.17) is 14.6 Å². The largest absolute Gasteiger partial charge is 0.488 e. The third-order valence-corrected chi connectivity index (χ3v) is 3.56. The second-order valence-corrected chi connectivity index (χ2v) is 5.21. The van der Waals surface area contributed by atoms with Crippen LogP contribution in [0.15, 0.2) is 18.2 Å². The van der Waals surface area contributed by atoms with Gasteiger partial charge < -0.3 is 19.5 Å². The van der Waals surface area contributed by atoms with Gasteiger partial charge in [-0.25, -0.2) is 4.79 Å². The van der Waals surface area contributed by atoms with E-state index in [-0.39, 0.29) is 19.3 Å². The lowest BCUT2D eigenvalue weighted by Gasteiger charge is -2.18. The van der Waals surface area contributed by atoms with Crippen molar-refractivity contribution in [1.29, 1.82) is 0 Å². The second kappa shape index (κ2) is 7.08. The molecule has 1 aliphatic heterocycles. The average molecular weight is 333 g/mol. The van der Waals surface area contributed by atoms with E-state index in [1.54, 1.807) is 6.92 Å². The summed E-state index contributed by atoms with van der Waals surface area (Å²) in [5.74, 6) is 0.295. The Morgan fingerprint density at radius 3 is 2.74 bits per heavy atom. The molecule has 8 heteroatoms. The van der Waals surface area contributed by atoms with Crippen LogP contribution in [0.3, 0.4) is 0 Å². The summed E-state index contributed by atoms with van der Waals surface area (Å²) < 4.78 is 49.3. The van der Waals surface area contributed by atoms with Gasteiger partial charge in [-0.2, -0.15) is 13.2 Å². The Morgan fingerprint density at radius 1 is 1.43 bits per heavy atom. The predicted molar refractivity (Wildman–Crippen MR) is 75.4 cm³/mol. The van der Waals surface area contributed by atoms with Gasteiger partial charge in [0.25, 0.3) is 0 Å². The zero-order valence-electron chi connectivity index (χ0n) is 12.6. The van der Waals surface area contributed by atoms with Gasteiger partial charge in [-0.3, -0.25) is 0 Å². The number of nitrogens with zero attached hydrogens (tertiary/aromatic N) is 1. The fourth-order valence-electron chi connectivity index (χ4n) is 2.37. The van der Waals surface area contributed by atoms with Gasteiger partial charge in [-0.05, 0) is 25.1 Å². The molecular weight excluding hydrogens is 315 g/mol. The molecule has 1 aromatic rings. The van der Waals surface area contributed by atoms with E-state index < -0.39 is 17.8 Å². The average Bonchev–Trinajstić information content (AvgIpc) is 2.94. The van der Waals surface area contributed by atoms with Crippen LogP contribution in [0.1, 0.15) is 24.5 Å². The summed E-state index contributed by atoms with van der Waals surface area (Å²) in [6.45, 7) is 2.67. The van der Waals surface area contributed by atoms with Crippen molar-refractivity contribution in [1.82, 2.24) is 4.90 Å². The molecular formula is C15H18F3NO4. The molecule has 1 heterocycles. The second-order valence-electron chi connectivity index (χ2n) is 5.21. The highest BCUT2D eigenvalue weighted by Crippen LogP contribution is 2.33. The summed E-state index contributed by atoms with van der Waals surface area (Å²) in [5.41, 5.74) is -0.464. The lowest BCUT2D eigenvalue weighted by molar-refractivity contribution is -0.137. The van der Waals surface area contributed by atoms with Crippen molar-refractivity contribution in [2.75, 3.05) is 19.7 Å². The number of benzene rings is 1. The monoisotopic (exact) mass is 333 g/mol. The van der Waals surface area contributed by atoms with E-state index in [2.05, 4.69) is 0 Å². The first-order chi connectivity index (χ1) is 10.8. The lowest BCUT2D eigenvalue weighted by atomic mass is 10.1. The Kier molecular flexibility index (Phi) is 5.35. The molecule has 0 aliphatic carbocycles. The van der Waals surface area contributed by atoms with Crippen molar-refractivity contribution in [2.45, 2.75) is 32.2 Å². The lowest BCUT2D eigenvalue weighted by Crippen LogP contribution is -2.29. The van der Waals surface area contributed by atoms with Crippen molar-refractivity contribution in [3.63, 3.8) is 0 Å². The molecule has 1 fully saturated rings. The number of halogens is 3. The maximum absolute atomic E-state index is 12.8. The minimum Gasteiger partial charge on any atom is -0.488 e. The number of carbonyl (C=O) groups is 1. The van der Waals surface area contributed by atoms with Gasteiger partial charge in [-0.1, -0.05) is 0 Å². The standard InChI is InChI=1S/C15H18F3NO4/c1-2-22-9-10-7-11(15(16,17)18)3-4-13(10)23-12-5-6-19(8-12)14(20)21/h3-4,7,12H,2,5-6,8-9H2,1H3,(H,20,21). The normalized spacial score (nSPS) is 18.3. The van der Waals surface area contributed by atoms with Crippen molar-refractivity contribution in [3.8, 4) is 5.75 Å². The number of ether oxygens (including phenoxy) is 2. The number of likely N-dealkylation sites (tertiary alicyclic amines) is 1. The van der Waals surface area contributed by atoms with Gasteiger partial charge in [0.2, 0.25) is 0 Å². The molecule has 0 spiro atoms. The minimum atomic E-state index is -4.44. The van der Waals surface area contributed by atoms with Gasteiger partial charge in [-0.15, -0.1) is 0 Å². The fraction of sp³-hybridized carbons (Fsp3) is 0.533. The molecule has 23 heavy (non-hydrogen) atoms. The summed E-state index contributed by atoms with van der Waals surface area (Å²) in [6, 6.07) is 3.23. The van der Waals surface area contributed by atoms with Crippen LogP contribution >= 0.6 is 0 Å². The van der Waals surface area contributed by atoms with E-state index in [0.717, 1.165) is 12.1 Å². The maximum atomic E-state index is 12.8. The maximum Gasteiger partial charge on any atom is 0.416 e. The third kappa shape index (κ3) is 4.51. The van der Waals surface area contributed by atoms with Crippen LogP contribution in [0.25, 0.3) is 0 Å². The Labute approximate surface area is 131 Å². The summed E-state index contributed by atoms with van der Waals surface area (Å²) in [7, 11) is 0. The highest BCUT2D eigenvalue weighted by molar-refractivity contribution is 5.65. The highest BCUT2D eigenvalue weighted by atomic mass is 19.4. The summed E-state index contributed by atoms with van der Waals surface area (Å²) >= 11 is 0. The molecule has 0 bridgehead atoms. The number of hydrogen-bond donors (Lipinski definition) is 1. The fourth-order valence-corrected chi connectivity index (χ4v) is 2.37. The van der Waals surface area contributed by atoms with Gasteiger partial charge in [0.15, 0.2) is 0 Å².